The van der Waals surface area contributed by atoms with E-state index >= 15 is 0 Å². The van der Waals surface area contributed by atoms with Crippen molar-refractivity contribution in [1.82, 2.24) is 9.97 Å². The number of anilines is 2. The molecule has 0 bridgehead atoms. The lowest BCUT2D eigenvalue weighted by Gasteiger charge is -2.10. The molecule has 5 heteroatoms. The lowest BCUT2D eigenvalue weighted by molar-refractivity contribution is 0.134. The third-order valence-corrected chi connectivity index (χ3v) is 3.25. The van der Waals surface area contributed by atoms with Gasteiger partial charge in [-0.25, -0.2) is 9.97 Å². The summed E-state index contributed by atoms with van der Waals surface area (Å²) >= 11 is 0. The van der Waals surface area contributed by atoms with E-state index in [-0.39, 0.29) is 0 Å². The quantitative estimate of drug-likeness (QED) is 0.644. The van der Waals surface area contributed by atoms with E-state index in [1.54, 1.807) is 0 Å². The van der Waals surface area contributed by atoms with Crippen molar-refractivity contribution in [3.63, 3.8) is 0 Å². The number of nitrogens with one attached hydrogen (secondary N) is 2. The van der Waals surface area contributed by atoms with Gasteiger partial charge < -0.3 is 15.4 Å². The van der Waals surface area contributed by atoms with E-state index in [1.165, 1.54) is 12.8 Å². The van der Waals surface area contributed by atoms with Gasteiger partial charge in [0.15, 0.2) is 0 Å². The van der Waals surface area contributed by atoms with E-state index in [9.17, 15) is 0 Å². The molecule has 0 saturated heterocycles. The van der Waals surface area contributed by atoms with Crippen LogP contribution >= 0.6 is 0 Å². The Kier molecular flexibility index (Phi) is 6.05. The first kappa shape index (κ1) is 15.0. The fraction of sp³-hybridized carbons (Fsp3) is 0.733. The van der Waals surface area contributed by atoms with Crippen LogP contribution in [0.2, 0.25) is 0 Å². The SMILES string of the molecule is CCCNc1cc(NCCOCC2CC2)nc(CC)n1. The second-order valence-corrected chi connectivity index (χ2v) is 5.28. The molecule has 2 rings (SSSR count). The Hall–Kier alpha value is -1.36. The summed E-state index contributed by atoms with van der Waals surface area (Å²) in [6, 6.07) is 1.97. The van der Waals surface area contributed by atoms with Gasteiger partial charge in [0.25, 0.3) is 0 Å². The zero-order valence-electron chi connectivity index (χ0n) is 12.6. The first-order valence-electron chi connectivity index (χ1n) is 7.75. The van der Waals surface area contributed by atoms with E-state index in [4.69, 9.17) is 4.74 Å². The van der Waals surface area contributed by atoms with Crippen LogP contribution in [0.1, 0.15) is 38.9 Å². The summed E-state index contributed by atoms with van der Waals surface area (Å²) in [6.07, 6.45) is 4.61. The van der Waals surface area contributed by atoms with Crippen molar-refractivity contribution in [1.29, 1.82) is 0 Å². The van der Waals surface area contributed by atoms with Crippen LogP contribution in [0.4, 0.5) is 11.6 Å². The summed E-state index contributed by atoms with van der Waals surface area (Å²) in [5, 5.41) is 6.63. The molecule has 0 spiro atoms. The molecule has 0 unspecified atom stereocenters. The molecule has 1 aromatic rings. The van der Waals surface area contributed by atoms with Gasteiger partial charge in [-0.15, -0.1) is 0 Å². The van der Waals surface area contributed by atoms with Crippen LogP contribution in [0.25, 0.3) is 0 Å². The predicted molar refractivity (Wildman–Crippen MR) is 82.2 cm³/mol. The molecule has 5 nitrogen and oxygen atoms in total. The highest BCUT2D eigenvalue weighted by Crippen LogP contribution is 2.28. The number of hydrogen-bond acceptors (Lipinski definition) is 5. The van der Waals surface area contributed by atoms with Crippen molar-refractivity contribution in [3.05, 3.63) is 11.9 Å². The molecule has 0 aromatic carbocycles. The summed E-state index contributed by atoms with van der Waals surface area (Å²) in [5.74, 6) is 3.48. The van der Waals surface area contributed by atoms with Gasteiger partial charge in [-0.2, -0.15) is 0 Å². The molecule has 20 heavy (non-hydrogen) atoms. The van der Waals surface area contributed by atoms with Crippen molar-refractivity contribution in [2.24, 2.45) is 5.92 Å². The molecule has 1 saturated carbocycles. The molecule has 1 heterocycles. The molecule has 1 aliphatic carbocycles. The molecule has 0 aliphatic heterocycles. The highest BCUT2D eigenvalue weighted by Gasteiger charge is 2.20. The number of aromatic nitrogens is 2. The average Bonchev–Trinajstić information content (AvgIpc) is 3.28. The number of ether oxygens (including phenoxy) is 1. The summed E-state index contributed by atoms with van der Waals surface area (Å²) in [7, 11) is 0. The molecule has 1 aromatic heterocycles. The molecule has 0 amide bonds. The van der Waals surface area contributed by atoms with Crippen LogP contribution < -0.4 is 10.6 Å². The number of rotatable bonds is 10. The Morgan fingerprint density at radius 2 is 1.85 bits per heavy atom. The maximum absolute atomic E-state index is 5.61. The Morgan fingerprint density at radius 3 is 2.45 bits per heavy atom. The minimum Gasteiger partial charge on any atom is -0.379 e. The summed E-state index contributed by atoms with van der Waals surface area (Å²) in [5.41, 5.74) is 0. The monoisotopic (exact) mass is 278 g/mol. The first-order valence-corrected chi connectivity index (χ1v) is 7.75. The largest absolute Gasteiger partial charge is 0.379 e. The van der Waals surface area contributed by atoms with Crippen LogP contribution in [0.3, 0.4) is 0 Å². The van der Waals surface area contributed by atoms with E-state index in [0.717, 1.165) is 62.5 Å². The lowest BCUT2D eigenvalue weighted by atomic mass is 10.4. The van der Waals surface area contributed by atoms with Gasteiger partial charge >= 0.3 is 0 Å². The summed E-state index contributed by atoms with van der Waals surface area (Å²) in [6.45, 7) is 7.59. The van der Waals surface area contributed by atoms with Crippen molar-refractivity contribution < 1.29 is 4.74 Å². The van der Waals surface area contributed by atoms with Crippen LogP contribution in [0, 0.1) is 5.92 Å². The molecular formula is C15H26N4O. The molecule has 0 radical (unpaired) electrons. The molecule has 1 aliphatic rings. The normalized spacial score (nSPS) is 14.3. The van der Waals surface area contributed by atoms with Crippen LogP contribution in [0.5, 0.6) is 0 Å². The second-order valence-electron chi connectivity index (χ2n) is 5.28. The fourth-order valence-electron chi connectivity index (χ4n) is 1.88. The maximum atomic E-state index is 5.61. The number of hydrogen-bond donors (Lipinski definition) is 2. The van der Waals surface area contributed by atoms with Crippen molar-refractivity contribution in [3.8, 4) is 0 Å². The van der Waals surface area contributed by atoms with E-state index in [1.807, 2.05) is 6.07 Å². The highest BCUT2D eigenvalue weighted by atomic mass is 16.5. The van der Waals surface area contributed by atoms with E-state index in [0.29, 0.717) is 0 Å². The zero-order chi connectivity index (χ0) is 14.2. The molecule has 1 fully saturated rings. The standard InChI is InChI=1S/C15H26N4O/c1-3-7-16-14-10-15(19-13(4-2)18-14)17-8-9-20-11-12-5-6-12/h10,12H,3-9,11H2,1-2H3,(H2,16,17,18,19). The molecular weight excluding hydrogens is 252 g/mol. The first-order chi connectivity index (χ1) is 9.81. The minimum atomic E-state index is 0.736. The topological polar surface area (TPSA) is 59.1 Å². The van der Waals surface area contributed by atoms with Gasteiger partial charge in [0, 0.05) is 32.2 Å². The summed E-state index contributed by atoms with van der Waals surface area (Å²) in [4.78, 5) is 8.96. The van der Waals surface area contributed by atoms with Gasteiger partial charge in [-0.05, 0) is 25.2 Å². The second kappa shape index (κ2) is 8.04. The predicted octanol–water partition coefficient (Wildman–Crippen LogP) is 2.70. The average molecular weight is 278 g/mol. The van der Waals surface area contributed by atoms with Gasteiger partial charge in [0.2, 0.25) is 0 Å². The lowest BCUT2D eigenvalue weighted by Crippen LogP contribution is -2.13. The third kappa shape index (κ3) is 5.33. The van der Waals surface area contributed by atoms with Gasteiger partial charge in [-0.1, -0.05) is 13.8 Å². The Bertz CT molecular complexity index is 407. The molecule has 112 valence electrons. The van der Waals surface area contributed by atoms with E-state index in [2.05, 4.69) is 34.4 Å². The Labute approximate surface area is 121 Å². The molecule has 2 N–H and O–H groups in total. The fourth-order valence-corrected chi connectivity index (χ4v) is 1.88. The Morgan fingerprint density at radius 1 is 1.15 bits per heavy atom. The van der Waals surface area contributed by atoms with Crippen LogP contribution in [0.15, 0.2) is 6.07 Å². The minimum absolute atomic E-state index is 0.736. The smallest absolute Gasteiger partial charge is 0.132 e. The summed E-state index contributed by atoms with van der Waals surface area (Å²) < 4.78 is 5.61. The van der Waals surface area contributed by atoms with Crippen LogP contribution in [-0.2, 0) is 11.2 Å². The maximum Gasteiger partial charge on any atom is 0.132 e. The van der Waals surface area contributed by atoms with Gasteiger partial charge in [0.1, 0.15) is 17.5 Å². The van der Waals surface area contributed by atoms with Gasteiger partial charge in [-0.3, -0.25) is 0 Å². The van der Waals surface area contributed by atoms with Crippen molar-refractivity contribution in [2.75, 3.05) is 36.9 Å². The number of nitrogens with zero attached hydrogens (tertiary/aromatic N) is 2. The molecule has 0 atom stereocenters. The van der Waals surface area contributed by atoms with Gasteiger partial charge in [0.05, 0.1) is 6.61 Å². The number of aryl methyl sites for hydroxylation is 1. The Balaban J connectivity index is 1.78. The highest BCUT2D eigenvalue weighted by molar-refractivity contribution is 5.47. The van der Waals surface area contributed by atoms with Crippen LogP contribution in [-0.4, -0.2) is 36.3 Å². The van der Waals surface area contributed by atoms with E-state index < -0.39 is 0 Å². The van der Waals surface area contributed by atoms with Crippen molar-refractivity contribution >= 4 is 11.6 Å². The third-order valence-electron chi connectivity index (χ3n) is 3.25. The zero-order valence-corrected chi connectivity index (χ0v) is 12.6. The van der Waals surface area contributed by atoms with Crippen molar-refractivity contribution in [2.45, 2.75) is 39.5 Å².